The molecule has 2 aromatic heterocycles. The minimum absolute atomic E-state index is 0.0428. The summed E-state index contributed by atoms with van der Waals surface area (Å²) in [5.41, 5.74) is 0.624. The maximum Gasteiger partial charge on any atom is 0.268 e. The van der Waals surface area contributed by atoms with Crippen LogP contribution in [0.2, 0.25) is 0 Å². The van der Waals surface area contributed by atoms with Gasteiger partial charge >= 0.3 is 0 Å². The van der Waals surface area contributed by atoms with Crippen LogP contribution in [-0.4, -0.2) is 64.8 Å². The molecule has 0 unspecified atom stereocenters. The molecule has 0 bridgehead atoms. The summed E-state index contributed by atoms with van der Waals surface area (Å²) in [6.45, 7) is 6.27. The zero-order valence-electron chi connectivity index (χ0n) is 16.5. The van der Waals surface area contributed by atoms with E-state index in [4.69, 9.17) is 0 Å². The predicted octanol–water partition coefficient (Wildman–Crippen LogP) is 2.92. The first-order chi connectivity index (χ1) is 13.8. The van der Waals surface area contributed by atoms with Gasteiger partial charge in [0.2, 0.25) is 10.3 Å². The first-order valence-corrected chi connectivity index (χ1v) is 11.4. The summed E-state index contributed by atoms with van der Waals surface area (Å²) in [4.78, 5) is 17.5. The van der Waals surface area contributed by atoms with Gasteiger partial charge in [-0.3, -0.25) is 9.36 Å². The molecule has 2 aromatic rings. The smallest absolute Gasteiger partial charge is 0.268 e. The molecule has 4 heterocycles. The first-order valence-electron chi connectivity index (χ1n) is 10.6. The number of carbonyl (C=O) groups excluding carboxylic acids is 1. The molecule has 0 atom stereocenters. The van der Waals surface area contributed by atoms with Gasteiger partial charge in [0.15, 0.2) is 0 Å². The van der Waals surface area contributed by atoms with Crippen LogP contribution in [0.4, 0.5) is 5.13 Å². The SMILES string of the molecule is O=C(NCCCN1CCCCCC1)c1cccn1-c1nnc(N2CCCC2)s1. The molecule has 4 rings (SSSR count). The van der Waals surface area contributed by atoms with Crippen molar-refractivity contribution in [1.29, 1.82) is 0 Å². The van der Waals surface area contributed by atoms with Crippen molar-refractivity contribution in [2.24, 2.45) is 0 Å². The number of carbonyl (C=O) groups is 1. The van der Waals surface area contributed by atoms with Gasteiger partial charge in [-0.05, 0) is 63.9 Å². The first kappa shape index (κ1) is 19.4. The Bertz CT molecular complexity index is 758. The van der Waals surface area contributed by atoms with Crippen molar-refractivity contribution in [3.63, 3.8) is 0 Å². The van der Waals surface area contributed by atoms with Crippen molar-refractivity contribution in [1.82, 2.24) is 25.0 Å². The van der Waals surface area contributed by atoms with Crippen molar-refractivity contribution in [3.05, 3.63) is 24.0 Å². The molecular weight excluding hydrogens is 372 g/mol. The molecule has 8 heteroatoms. The summed E-state index contributed by atoms with van der Waals surface area (Å²) >= 11 is 1.55. The third-order valence-corrected chi connectivity index (χ3v) is 6.59. The zero-order valence-corrected chi connectivity index (χ0v) is 17.3. The second-order valence-electron chi connectivity index (χ2n) is 7.69. The van der Waals surface area contributed by atoms with E-state index in [9.17, 15) is 4.79 Å². The molecule has 0 aromatic carbocycles. The highest BCUT2D eigenvalue weighted by Gasteiger charge is 2.19. The van der Waals surface area contributed by atoms with Crippen LogP contribution in [0.5, 0.6) is 0 Å². The molecule has 0 spiro atoms. The molecule has 0 aliphatic carbocycles. The van der Waals surface area contributed by atoms with Crippen LogP contribution in [0.25, 0.3) is 5.13 Å². The third kappa shape index (κ3) is 4.72. The van der Waals surface area contributed by atoms with Gasteiger partial charge in [-0.1, -0.05) is 24.2 Å². The molecule has 2 fully saturated rings. The Morgan fingerprint density at radius 1 is 1.00 bits per heavy atom. The van der Waals surface area contributed by atoms with Gasteiger partial charge in [0, 0.05) is 25.8 Å². The lowest BCUT2D eigenvalue weighted by molar-refractivity contribution is 0.0945. The Balaban J connectivity index is 1.30. The second-order valence-corrected chi connectivity index (χ2v) is 8.62. The number of nitrogens with zero attached hydrogens (tertiary/aromatic N) is 5. The summed E-state index contributed by atoms with van der Waals surface area (Å²) in [5.74, 6) is -0.0428. The molecule has 7 nitrogen and oxygen atoms in total. The summed E-state index contributed by atoms with van der Waals surface area (Å²) in [5, 5.41) is 13.4. The highest BCUT2D eigenvalue weighted by atomic mass is 32.1. The van der Waals surface area contributed by atoms with Crippen LogP contribution in [-0.2, 0) is 0 Å². The van der Waals surface area contributed by atoms with Crippen LogP contribution >= 0.6 is 11.3 Å². The summed E-state index contributed by atoms with van der Waals surface area (Å²) < 4.78 is 1.85. The van der Waals surface area contributed by atoms with Crippen LogP contribution < -0.4 is 10.2 Å². The number of rotatable bonds is 7. The molecule has 1 amide bonds. The number of anilines is 1. The minimum Gasteiger partial charge on any atom is -0.351 e. The number of aromatic nitrogens is 3. The molecule has 0 saturated carbocycles. The average Bonchev–Trinajstić information content (AvgIpc) is 3.44. The Kier molecular flexibility index (Phi) is 6.59. The molecule has 2 saturated heterocycles. The normalized spacial score (nSPS) is 18.4. The summed E-state index contributed by atoms with van der Waals surface area (Å²) in [7, 11) is 0. The zero-order chi connectivity index (χ0) is 19.2. The molecule has 28 heavy (non-hydrogen) atoms. The van der Waals surface area contributed by atoms with Crippen molar-refractivity contribution in [3.8, 4) is 5.13 Å². The molecule has 1 N–H and O–H groups in total. The Labute approximate surface area is 170 Å². The number of hydrogen-bond donors (Lipinski definition) is 1. The van der Waals surface area contributed by atoms with Crippen molar-refractivity contribution < 1.29 is 4.79 Å². The quantitative estimate of drug-likeness (QED) is 0.722. The van der Waals surface area contributed by atoms with E-state index >= 15 is 0 Å². The van der Waals surface area contributed by atoms with Crippen LogP contribution in [0, 0.1) is 0 Å². The van der Waals surface area contributed by atoms with E-state index in [1.54, 1.807) is 11.3 Å². The lowest BCUT2D eigenvalue weighted by Crippen LogP contribution is -2.31. The van der Waals surface area contributed by atoms with E-state index < -0.39 is 0 Å². The van der Waals surface area contributed by atoms with Gasteiger partial charge in [0.1, 0.15) is 5.69 Å². The highest BCUT2D eigenvalue weighted by Crippen LogP contribution is 2.27. The van der Waals surface area contributed by atoms with E-state index in [2.05, 4.69) is 25.3 Å². The maximum atomic E-state index is 12.7. The monoisotopic (exact) mass is 402 g/mol. The van der Waals surface area contributed by atoms with Gasteiger partial charge in [-0.15, -0.1) is 10.2 Å². The highest BCUT2D eigenvalue weighted by molar-refractivity contribution is 7.17. The van der Waals surface area contributed by atoms with Crippen LogP contribution in [0.15, 0.2) is 18.3 Å². The summed E-state index contributed by atoms with van der Waals surface area (Å²) in [6.07, 6.45) is 10.6. The van der Waals surface area contributed by atoms with E-state index in [0.717, 1.165) is 36.3 Å². The molecule has 152 valence electrons. The number of hydrogen-bond acceptors (Lipinski definition) is 6. The fourth-order valence-electron chi connectivity index (χ4n) is 4.03. The van der Waals surface area contributed by atoms with Gasteiger partial charge in [0.25, 0.3) is 5.91 Å². The van der Waals surface area contributed by atoms with E-state index in [1.807, 2.05) is 22.9 Å². The average molecular weight is 403 g/mol. The lowest BCUT2D eigenvalue weighted by Gasteiger charge is -2.19. The van der Waals surface area contributed by atoms with Crippen LogP contribution in [0.1, 0.15) is 55.4 Å². The van der Waals surface area contributed by atoms with Gasteiger partial charge < -0.3 is 15.1 Å². The van der Waals surface area contributed by atoms with Crippen molar-refractivity contribution >= 4 is 22.4 Å². The fourth-order valence-corrected chi connectivity index (χ4v) is 4.93. The number of likely N-dealkylation sites (tertiary alicyclic amines) is 1. The fraction of sp³-hybridized carbons (Fsp3) is 0.650. The van der Waals surface area contributed by atoms with E-state index in [1.165, 1.54) is 51.6 Å². The minimum atomic E-state index is -0.0428. The topological polar surface area (TPSA) is 66.3 Å². The Hall–Kier alpha value is -1.93. The Morgan fingerprint density at radius 3 is 2.50 bits per heavy atom. The number of nitrogens with one attached hydrogen (secondary N) is 1. The van der Waals surface area contributed by atoms with Gasteiger partial charge in [-0.2, -0.15) is 0 Å². The summed E-state index contributed by atoms with van der Waals surface area (Å²) in [6, 6.07) is 3.74. The largest absolute Gasteiger partial charge is 0.351 e. The standard InChI is InChI=1S/C20H30N6OS/c27-18(21-10-8-13-24-11-3-1-2-4-12-24)17-9-7-16-26(17)20-23-22-19(28-20)25-14-5-6-15-25/h7,9,16H,1-6,8,10-15H2,(H,21,27). The molecule has 2 aliphatic heterocycles. The molecule has 0 radical (unpaired) electrons. The van der Waals surface area contributed by atoms with Crippen molar-refractivity contribution in [2.75, 3.05) is 44.2 Å². The molecule has 2 aliphatic rings. The molecular formula is C20H30N6OS. The maximum absolute atomic E-state index is 12.7. The van der Waals surface area contributed by atoms with E-state index in [0.29, 0.717) is 12.2 Å². The van der Waals surface area contributed by atoms with Crippen LogP contribution in [0.3, 0.4) is 0 Å². The lowest BCUT2D eigenvalue weighted by atomic mass is 10.2. The van der Waals surface area contributed by atoms with E-state index in [-0.39, 0.29) is 5.91 Å². The second kappa shape index (κ2) is 9.52. The predicted molar refractivity (Wildman–Crippen MR) is 113 cm³/mol. The van der Waals surface area contributed by atoms with Gasteiger partial charge in [0.05, 0.1) is 0 Å². The van der Waals surface area contributed by atoms with Crippen molar-refractivity contribution in [2.45, 2.75) is 44.9 Å². The van der Waals surface area contributed by atoms with Gasteiger partial charge in [-0.25, -0.2) is 0 Å². The third-order valence-electron chi connectivity index (χ3n) is 5.60. The number of amides is 1. The Morgan fingerprint density at radius 2 is 1.71 bits per heavy atom.